The van der Waals surface area contributed by atoms with Crippen molar-refractivity contribution in [2.24, 2.45) is 4.99 Å². The van der Waals surface area contributed by atoms with E-state index in [0.717, 1.165) is 29.6 Å². The first-order chi connectivity index (χ1) is 9.63. The first kappa shape index (κ1) is 13.8. The zero-order valence-corrected chi connectivity index (χ0v) is 13.2. The van der Waals surface area contributed by atoms with Crippen molar-refractivity contribution in [1.82, 2.24) is 4.90 Å². The van der Waals surface area contributed by atoms with Gasteiger partial charge in [0.05, 0.1) is 25.1 Å². The monoisotopic (exact) mass is 308 g/mol. The second-order valence-corrected chi connectivity index (χ2v) is 6.47. The zero-order chi connectivity index (χ0) is 14.2. The second kappa shape index (κ2) is 5.34. The van der Waals surface area contributed by atoms with Crippen LogP contribution in [0.25, 0.3) is 0 Å². The summed E-state index contributed by atoms with van der Waals surface area (Å²) in [6, 6.07) is 8.22. The minimum Gasteiger partial charge on any atom is -0.497 e. The third-order valence-corrected chi connectivity index (χ3v) is 4.81. The lowest BCUT2D eigenvalue weighted by molar-refractivity contribution is 0.403. The molecule has 0 aliphatic carbocycles. The highest BCUT2D eigenvalue weighted by Crippen LogP contribution is 2.37. The summed E-state index contributed by atoms with van der Waals surface area (Å²) in [5.74, 6) is 1.44. The number of hydrogen-bond donors (Lipinski definition) is 0. The van der Waals surface area contributed by atoms with Gasteiger partial charge in [-0.05, 0) is 36.4 Å². The number of methoxy groups -OCH3 is 1. The summed E-state index contributed by atoms with van der Waals surface area (Å²) in [4.78, 5) is 7.12. The lowest BCUT2D eigenvalue weighted by atomic mass is 9.94. The molecule has 1 atom stereocenters. The van der Waals surface area contributed by atoms with Crippen molar-refractivity contribution in [3.8, 4) is 5.75 Å². The van der Waals surface area contributed by atoms with Crippen LogP contribution in [0.2, 0.25) is 0 Å². The van der Waals surface area contributed by atoms with E-state index < -0.39 is 0 Å². The molecule has 0 bridgehead atoms. The normalized spacial score (nSPS) is 24.4. The molecule has 0 saturated carbocycles. The number of hydrogen-bond acceptors (Lipinski definition) is 4. The zero-order valence-electron chi connectivity index (χ0n) is 11.6. The van der Waals surface area contributed by atoms with Gasteiger partial charge in [-0.15, -0.1) is 11.6 Å². The van der Waals surface area contributed by atoms with Gasteiger partial charge in [0.2, 0.25) is 0 Å². The number of allylic oxidation sites excluding steroid dienone is 1. The summed E-state index contributed by atoms with van der Waals surface area (Å²) in [5, 5.41) is 3.18. The maximum absolute atomic E-state index is 5.97. The summed E-state index contributed by atoms with van der Waals surface area (Å²) < 4.78 is 5.19. The Morgan fingerprint density at radius 3 is 2.80 bits per heavy atom. The van der Waals surface area contributed by atoms with Gasteiger partial charge in [-0.3, -0.25) is 4.99 Å². The number of rotatable bonds is 4. The van der Waals surface area contributed by atoms with Crippen LogP contribution in [0.5, 0.6) is 5.75 Å². The van der Waals surface area contributed by atoms with E-state index in [9.17, 15) is 0 Å². The molecule has 0 radical (unpaired) electrons. The third-order valence-electron chi connectivity index (χ3n) is 3.62. The first-order valence-electron chi connectivity index (χ1n) is 6.55. The number of thioether (sulfide) groups is 1. The molecule has 5 heteroatoms. The lowest BCUT2D eigenvalue weighted by Crippen LogP contribution is -2.33. The largest absolute Gasteiger partial charge is 0.497 e. The molecule has 1 aromatic carbocycles. The SMILES string of the molecule is COc1ccc(CC2(C)CN3C(CCl)=CSC3=N2)cc1. The molecule has 0 aromatic heterocycles. The summed E-state index contributed by atoms with van der Waals surface area (Å²) in [6.07, 6.45) is 0.924. The second-order valence-electron chi connectivity index (χ2n) is 5.36. The molecular formula is C15H17ClN2OS. The van der Waals surface area contributed by atoms with Gasteiger partial charge >= 0.3 is 0 Å². The van der Waals surface area contributed by atoms with E-state index in [0.29, 0.717) is 5.88 Å². The van der Waals surface area contributed by atoms with Crippen molar-refractivity contribution in [2.45, 2.75) is 18.9 Å². The Labute approximate surface area is 128 Å². The fraction of sp³-hybridized carbons (Fsp3) is 0.400. The van der Waals surface area contributed by atoms with Gasteiger partial charge in [-0.2, -0.15) is 0 Å². The summed E-state index contributed by atoms with van der Waals surface area (Å²) in [6.45, 7) is 3.11. The Balaban J connectivity index is 1.73. The number of aliphatic imine (C=N–C) groups is 1. The van der Waals surface area contributed by atoms with Crippen LogP contribution in [-0.2, 0) is 6.42 Å². The van der Waals surface area contributed by atoms with Crippen LogP contribution in [-0.4, -0.2) is 35.1 Å². The van der Waals surface area contributed by atoms with Crippen molar-refractivity contribution in [3.05, 3.63) is 40.9 Å². The van der Waals surface area contributed by atoms with Crippen molar-refractivity contribution >= 4 is 28.5 Å². The molecule has 106 valence electrons. The average molecular weight is 309 g/mol. The number of halogens is 1. The minimum absolute atomic E-state index is 0.0809. The molecule has 3 rings (SSSR count). The van der Waals surface area contributed by atoms with Crippen LogP contribution >= 0.6 is 23.4 Å². The molecule has 0 saturated heterocycles. The number of fused-ring (bicyclic) bond motifs is 1. The van der Waals surface area contributed by atoms with Gasteiger partial charge in [0, 0.05) is 5.70 Å². The maximum atomic E-state index is 5.97. The molecule has 1 unspecified atom stereocenters. The van der Waals surface area contributed by atoms with E-state index in [2.05, 4.69) is 29.4 Å². The molecule has 0 fully saturated rings. The molecule has 20 heavy (non-hydrogen) atoms. The Morgan fingerprint density at radius 2 is 2.15 bits per heavy atom. The Morgan fingerprint density at radius 1 is 1.40 bits per heavy atom. The number of ether oxygens (including phenoxy) is 1. The molecular weight excluding hydrogens is 292 g/mol. The number of amidine groups is 1. The Bertz CT molecular complexity index is 570. The van der Waals surface area contributed by atoms with Gasteiger partial charge in [-0.25, -0.2) is 0 Å². The predicted molar refractivity (Wildman–Crippen MR) is 85.6 cm³/mol. The van der Waals surface area contributed by atoms with Crippen LogP contribution in [0.3, 0.4) is 0 Å². The standard InChI is InChI=1S/C15H17ClN2OS/c1-15(7-11-3-5-13(19-2)6-4-11)10-18-12(8-16)9-20-14(18)17-15/h3-6,9H,7-8,10H2,1-2H3. The molecule has 0 N–H and O–H groups in total. The Hall–Kier alpha value is -1.13. The van der Waals surface area contributed by atoms with Crippen molar-refractivity contribution in [3.63, 3.8) is 0 Å². The number of nitrogens with zero attached hydrogens (tertiary/aromatic N) is 2. The van der Waals surface area contributed by atoms with Crippen LogP contribution in [0.4, 0.5) is 0 Å². The smallest absolute Gasteiger partial charge is 0.168 e. The van der Waals surface area contributed by atoms with Crippen molar-refractivity contribution < 1.29 is 4.74 Å². The van der Waals surface area contributed by atoms with E-state index in [1.165, 1.54) is 5.56 Å². The quantitative estimate of drug-likeness (QED) is 0.796. The van der Waals surface area contributed by atoms with E-state index in [1.807, 2.05) is 12.1 Å². The fourth-order valence-electron chi connectivity index (χ4n) is 2.62. The van der Waals surface area contributed by atoms with E-state index in [1.54, 1.807) is 18.9 Å². The van der Waals surface area contributed by atoms with Gasteiger partial charge in [0.25, 0.3) is 0 Å². The van der Waals surface area contributed by atoms with E-state index in [4.69, 9.17) is 21.3 Å². The number of alkyl halides is 1. The summed E-state index contributed by atoms with van der Waals surface area (Å²) in [5.41, 5.74) is 2.36. The van der Waals surface area contributed by atoms with Gasteiger partial charge in [0.1, 0.15) is 5.75 Å². The number of benzene rings is 1. The summed E-state index contributed by atoms with van der Waals surface area (Å²) in [7, 11) is 1.69. The molecule has 0 spiro atoms. The first-order valence-corrected chi connectivity index (χ1v) is 7.97. The maximum Gasteiger partial charge on any atom is 0.168 e. The molecule has 2 heterocycles. The summed E-state index contributed by atoms with van der Waals surface area (Å²) >= 11 is 7.64. The third kappa shape index (κ3) is 2.54. The van der Waals surface area contributed by atoms with Crippen LogP contribution < -0.4 is 4.74 Å². The Kier molecular flexibility index (Phi) is 3.69. The van der Waals surface area contributed by atoms with Gasteiger partial charge in [0.15, 0.2) is 5.17 Å². The molecule has 2 aliphatic rings. The predicted octanol–water partition coefficient (Wildman–Crippen LogP) is 3.50. The fourth-order valence-corrected chi connectivity index (χ4v) is 3.96. The highest BCUT2D eigenvalue weighted by atomic mass is 35.5. The van der Waals surface area contributed by atoms with Crippen LogP contribution in [0.15, 0.2) is 40.4 Å². The van der Waals surface area contributed by atoms with Crippen molar-refractivity contribution in [1.29, 1.82) is 0 Å². The minimum atomic E-state index is -0.0809. The van der Waals surface area contributed by atoms with Gasteiger partial charge < -0.3 is 9.64 Å². The van der Waals surface area contributed by atoms with Crippen LogP contribution in [0.1, 0.15) is 12.5 Å². The van der Waals surface area contributed by atoms with E-state index in [-0.39, 0.29) is 5.54 Å². The van der Waals surface area contributed by atoms with E-state index >= 15 is 0 Å². The molecule has 0 amide bonds. The van der Waals surface area contributed by atoms with Crippen LogP contribution in [0, 0.1) is 0 Å². The topological polar surface area (TPSA) is 24.8 Å². The molecule has 2 aliphatic heterocycles. The lowest BCUT2D eigenvalue weighted by Gasteiger charge is -2.24. The average Bonchev–Trinajstić information content (AvgIpc) is 2.95. The highest BCUT2D eigenvalue weighted by Gasteiger charge is 2.39. The van der Waals surface area contributed by atoms with Gasteiger partial charge in [-0.1, -0.05) is 23.9 Å². The van der Waals surface area contributed by atoms with Crippen molar-refractivity contribution in [2.75, 3.05) is 19.5 Å². The highest BCUT2D eigenvalue weighted by molar-refractivity contribution is 8.16. The molecule has 3 nitrogen and oxygen atoms in total. The molecule has 1 aromatic rings.